The van der Waals surface area contributed by atoms with Crippen LogP contribution in [0.1, 0.15) is 16.7 Å². The van der Waals surface area contributed by atoms with E-state index in [1.54, 1.807) is 0 Å². The normalized spacial score (nSPS) is 17.9. The molecule has 0 fully saturated rings. The van der Waals surface area contributed by atoms with E-state index in [9.17, 15) is 0 Å². The number of nitrogens with zero attached hydrogens (tertiary/aromatic N) is 2. The summed E-state index contributed by atoms with van der Waals surface area (Å²) in [6.45, 7) is 3.61. The van der Waals surface area contributed by atoms with E-state index in [1.807, 2.05) is 6.20 Å². The summed E-state index contributed by atoms with van der Waals surface area (Å²) in [7, 11) is 0. The molecule has 0 aliphatic carbocycles. The van der Waals surface area contributed by atoms with Crippen LogP contribution in [0.25, 0.3) is 0 Å². The van der Waals surface area contributed by atoms with Gasteiger partial charge in [-0.3, -0.25) is 0 Å². The van der Waals surface area contributed by atoms with Crippen LogP contribution in [0.2, 0.25) is 0 Å². The van der Waals surface area contributed by atoms with Crippen LogP contribution in [0.5, 0.6) is 0 Å². The van der Waals surface area contributed by atoms with Crippen LogP contribution < -0.4 is 10.6 Å². The summed E-state index contributed by atoms with van der Waals surface area (Å²) < 4.78 is 1.04. The van der Waals surface area contributed by atoms with Crippen molar-refractivity contribution >= 4 is 21.7 Å². The fraction of sp³-hybridized carbons (Fsp3) is 0.312. The third kappa shape index (κ3) is 2.45. The van der Waals surface area contributed by atoms with Gasteiger partial charge >= 0.3 is 0 Å². The van der Waals surface area contributed by atoms with Gasteiger partial charge in [0.2, 0.25) is 0 Å². The summed E-state index contributed by atoms with van der Waals surface area (Å²) in [6.07, 6.45) is 2.86. The number of anilines is 1. The molecule has 3 rings (SSSR count). The minimum Gasteiger partial charge on any atom is -0.348 e. The van der Waals surface area contributed by atoms with Gasteiger partial charge in [0, 0.05) is 29.8 Å². The molecule has 0 saturated heterocycles. The molecule has 4 heteroatoms. The molecule has 1 aliphatic rings. The highest BCUT2D eigenvalue weighted by Gasteiger charge is 2.26. The van der Waals surface area contributed by atoms with Crippen molar-refractivity contribution in [1.29, 1.82) is 0 Å². The van der Waals surface area contributed by atoms with Crippen LogP contribution in [-0.4, -0.2) is 17.6 Å². The van der Waals surface area contributed by atoms with Crippen molar-refractivity contribution in [2.75, 3.05) is 11.4 Å². The molecule has 3 nitrogen and oxygen atoms in total. The summed E-state index contributed by atoms with van der Waals surface area (Å²) >= 11 is 3.51. The Kier molecular flexibility index (Phi) is 3.76. The number of benzene rings is 1. The molecule has 1 aliphatic heterocycles. The number of halogens is 1. The zero-order valence-corrected chi connectivity index (χ0v) is 13.1. The number of aryl methyl sites for hydroxylation is 1. The van der Waals surface area contributed by atoms with E-state index < -0.39 is 0 Å². The third-order valence-electron chi connectivity index (χ3n) is 3.95. The second-order valence-corrected chi connectivity index (χ2v) is 6.14. The van der Waals surface area contributed by atoms with E-state index in [2.05, 4.69) is 63.1 Å². The Labute approximate surface area is 127 Å². The Balaban J connectivity index is 1.97. The van der Waals surface area contributed by atoms with E-state index in [0.717, 1.165) is 23.3 Å². The van der Waals surface area contributed by atoms with Crippen LogP contribution in [-0.2, 0) is 13.0 Å². The molecular formula is C16H18BrN3. The summed E-state index contributed by atoms with van der Waals surface area (Å²) in [4.78, 5) is 6.88. The summed E-state index contributed by atoms with van der Waals surface area (Å²) in [6, 6.07) is 11.0. The van der Waals surface area contributed by atoms with Gasteiger partial charge in [0.1, 0.15) is 5.82 Å². The van der Waals surface area contributed by atoms with Gasteiger partial charge in [0.15, 0.2) is 0 Å². The first-order chi connectivity index (χ1) is 9.69. The standard InChI is InChI=1S/C16H18BrN3/c1-11-6-16(19-9-15(11)17)20-10-13-5-3-2-4-12(13)7-14(20)8-18/h2-6,9,14H,7-8,10,18H2,1H3. The predicted octanol–water partition coefficient (Wildman–Crippen LogP) is 3.04. The number of hydrogen-bond acceptors (Lipinski definition) is 3. The van der Waals surface area contributed by atoms with E-state index in [-0.39, 0.29) is 0 Å². The van der Waals surface area contributed by atoms with E-state index >= 15 is 0 Å². The smallest absolute Gasteiger partial charge is 0.129 e. The maximum atomic E-state index is 5.98. The number of fused-ring (bicyclic) bond motifs is 1. The van der Waals surface area contributed by atoms with Crippen molar-refractivity contribution in [1.82, 2.24) is 4.98 Å². The van der Waals surface area contributed by atoms with Crippen LogP contribution in [0.15, 0.2) is 41.0 Å². The number of pyridine rings is 1. The third-order valence-corrected chi connectivity index (χ3v) is 4.78. The molecule has 1 aromatic heterocycles. The highest BCUT2D eigenvalue weighted by molar-refractivity contribution is 9.10. The second-order valence-electron chi connectivity index (χ2n) is 5.28. The van der Waals surface area contributed by atoms with Gasteiger partial charge in [-0.05, 0) is 52.0 Å². The van der Waals surface area contributed by atoms with E-state index in [1.165, 1.54) is 16.7 Å². The van der Waals surface area contributed by atoms with Gasteiger partial charge in [0.05, 0.1) is 0 Å². The molecule has 0 saturated carbocycles. The van der Waals surface area contributed by atoms with Gasteiger partial charge in [-0.1, -0.05) is 24.3 Å². The molecule has 1 atom stereocenters. The Bertz CT molecular complexity index is 627. The molecule has 0 bridgehead atoms. The monoisotopic (exact) mass is 331 g/mol. The highest BCUT2D eigenvalue weighted by atomic mass is 79.9. The fourth-order valence-corrected chi connectivity index (χ4v) is 2.96. The van der Waals surface area contributed by atoms with Crippen molar-refractivity contribution in [2.24, 2.45) is 5.73 Å². The Hall–Kier alpha value is -1.39. The van der Waals surface area contributed by atoms with E-state index in [0.29, 0.717) is 12.6 Å². The summed E-state index contributed by atoms with van der Waals surface area (Å²) in [5, 5.41) is 0. The maximum Gasteiger partial charge on any atom is 0.129 e. The van der Waals surface area contributed by atoms with Crippen LogP contribution in [0, 0.1) is 6.92 Å². The molecule has 2 heterocycles. The van der Waals surface area contributed by atoms with Crippen molar-refractivity contribution < 1.29 is 0 Å². The van der Waals surface area contributed by atoms with Crippen LogP contribution in [0.3, 0.4) is 0 Å². The van der Waals surface area contributed by atoms with Gasteiger partial charge in [0.25, 0.3) is 0 Å². The van der Waals surface area contributed by atoms with Crippen molar-refractivity contribution in [3.05, 3.63) is 57.7 Å². The Morgan fingerprint density at radius 3 is 2.80 bits per heavy atom. The van der Waals surface area contributed by atoms with Gasteiger partial charge in [-0.25, -0.2) is 4.98 Å². The van der Waals surface area contributed by atoms with Gasteiger partial charge < -0.3 is 10.6 Å². The zero-order chi connectivity index (χ0) is 14.1. The number of nitrogens with two attached hydrogens (primary N) is 1. The Morgan fingerprint density at radius 1 is 1.35 bits per heavy atom. The van der Waals surface area contributed by atoms with Gasteiger partial charge in [-0.2, -0.15) is 0 Å². The molecule has 0 spiro atoms. The van der Waals surface area contributed by atoms with Crippen molar-refractivity contribution in [2.45, 2.75) is 25.9 Å². The van der Waals surface area contributed by atoms with E-state index in [4.69, 9.17) is 5.73 Å². The first kappa shape index (κ1) is 13.6. The average Bonchev–Trinajstić information content (AvgIpc) is 2.48. The lowest BCUT2D eigenvalue weighted by Crippen LogP contribution is -2.45. The zero-order valence-electron chi connectivity index (χ0n) is 11.5. The largest absolute Gasteiger partial charge is 0.348 e. The first-order valence-corrected chi connectivity index (χ1v) is 7.64. The van der Waals surface area contributed by atoms with Crippen molar-refractivity contribution in [3.63, 3.8) is 0 Å². The molecule has 0 amide bonds. The van der Waals surface area contributed by atoms with Crippen LogP contribution >= 0.6 is 15.9 Å². The molecule has 0 radical (unpaired) electrons. The lowest BCUT2D eigenvalue weighted by Gasteiger charge is -2.37. The fourth-order valence-electron chi connectivity index (χ4n) is 2.75. The topological polar surface area (TPSA) is 42.1 Å². The van der Waals surface area contributed by atoms with Gasteiger partial charge in [-0.15, -0.1) is 0 Å². The number of rotatable bonds is 2. The molecule has 2 aromatic rings. The van der Waals surface area contributed by atoms with Crippen LogP contribution in [0.4, 0.5) is 5.82 Å². The lowest BCUT2D eigenvalue weighted by atomic mass is 9.94. The Morgan fingerprint density at radius 2 is 2.10 bits per heavy atom. The lowest BCUT2D eigenvalue weighted by molar-refractivity contribution is 0.555. The highest BCUT2D eigenvalue weighted by Crippen LogP contribution is 2.28. The number of aromatic nitrogens is 1. The predicted molar refractivity (Wildman–Crippen MR) is 85.8 cm³/mol. The summed E-state index contributed by atoms with van der Waals surface area (Å²) in [5.74, 6) is 1.01. The minimum absolute atomic E-state index is 0.318. The summed E-state index contributed by atoms with van der Waals surface area (Å²) in [5.41, 5.74) is 9.96. The molecule has 1 unspecified atom stereocenters. The maximum absolute atomic E-state index is 5.98. The number of hydrogen-bond donors (Lipinski definition) is 1. The second kappa shape index (κ2) is 5.54. The van der Waals surface area contributed by atoms with Crippen molar-refractivity contribution in [3.8, 4) is 0 Å². The molecule has 104 valence electrons. The molecule has 2 N–H and O–H groups in total. The molecule has 20 heavy (non-hydrogen) atoms. The first-order valence-electron chi connectivity index (χ1n) is 6.84. The quantitative estimate of drug-likeness (QED) is 0.919. The average molecular weight is 332 g/mol. The SMILES string of the molecule is Cc1cc(N2Cc3ccccc3CC2CN)ncc1Br. The molecule has 1 aromatic carbocycles. The molecular weight excluding hydrogens is 314 g/mol. The minimum atomic E-state index is 0.318.